The summed E-state index contributed by atoms with van der Waals surface area (Å²) >= 11 is 0. The van der Waals surface area contributed by atoms with Gasteiger partial charge in [0.1, 0.15) is 5.75 Å². The summed E-state index contributed by atoms with van der Waals surface area (Å²) in [7, 11) is 3.73. The molecule has 1 aromatic rings. The molecule has 1 N–H and O–H groups in total. The van der Waals surface area contributed by atoms with Gasteiger partial charge in [-0.1, -0.05) is 19.1 Å². The van der Waals surface area contributed by atoms with Crippen molar-refractivity contribution < 1.29 is 9.47 Å². The van der Waals surface area contributed by atoms with Gasteiger partial charge in [-0.3, -0.25) is 0 Å². The largest absolute Gasteiger partial charge is 0.496 e. The summed E-state index contributed by atoms with van der Waals surface area (Å²) in [5.74, 6) is 0.991. The van der Waals surface area contributed by atoms with E-state index in [1.807, 2.05) is 7.05 Å². The fourth-order valence-corrected chi connectivity index (χ4v) is 2.55. The summed E-state index contributed by atoms with van der Waals surface area (Å²) in [6, 6.07) is 6.57. The van der Waals surface area contributed by atoms with Gasteiger partial charge in [0.15, 0.2) is 0 Å². The van der Waals surface area contributed by atoms with Crippen molar-refractivity contribution in [2.75, 3.05) is 33.9 Å². The predicted octanol–water partition coefficient (Wildman–Crippen LogP) is 2.14. The molecule has 0 bridgehead atoms. The van der Waals surface area contributed by atoms with Crippen molar-refractivity contribution in [1.82, 2.24) is 5.32 Å². The maximum Gasteiger partial charge on any atom is 0.122 e. The zero-order valence-electron chi connectivity index (χ0n) is 11.6. The van der Waals surface area contributed by atoms with Gasteiger partial charge in [0.25, 0.3) is 0 Å². The molecule has 0 unspecified atom stereocenters. The first kappa shape index (κ1) is 13.4. The zero-order valence-corrected chi connectivity index (χ0v) is 11.6. The number of nitrogens with one attached hydrogen (secondary N) is 1. The molecule has 1 fully saturated rings. The lowest BCUT2D eigenvalue weighted by Gasteiger charge is -2.42. The summed E-state index contributed by atoms with van der Waals surface area (Å²) < 4.78 is 10.9. The van der Waals surface area contributed by atoms with Gasteiger partial charge in [-0.2, -0.15) is 0 Å². The molecule has 0 aromatic heterocycles. The maximum absolute atomic E-state index is 5.46. The van der Waals surface area contributed by atoms with Crippen LogP contribution in [0.1, 0.15) is 24.5 Å². The smallest absolute Gasteiger partial charge is 0.122 e. The number of methoxy groups -OCH3 is 1. The van der Waals surface area contributed by atoms with Gasteiger partial charge in [0.05, 0.1) is 20.3 Å². The lowest BCUT2D eigenvalue weighted by atomic mass is 9.75. The third kappa shape index (κ3) is 2.38. The molecule has 1 aliphatic rings. The Morgan fingerprint density at radius 2 is 2.17 bits per heavy atom. The topological polar surface area (TPSA) is 30.5 Å². The summed E-state index contributed by atoms with van der Waals surface area (Å²) in [4.78, 5) is 0. The van der Waals surface area contributed by atoms with Gasteiger partial charge in [-0.25, -0.2) is 0 Å². The highest BCUT2D eigenvalue weighted by atomic mass is 16.5. The Bertz CT molecular complexity index is 399. The molecule has 0 spiro atoms. The molecule has 2 rings (SSSR count). The molecule has 0 amide bonds. The fourth-order valence-electron chi connectivity index (χ4n) is 2.55. The first-order valence-corrected chi connectivity index (χ1v) is 6.65. The van der Waals surface area contributed by atoms with Crippen molar-refractivity contribution in [2.45, 2.75) is 25.2 Å². The van der Waals surface area contributed by atoms with Crippen molar-refractivity contribution in [3.05, 3.63) is 29.3 Å². The molecule has 1 aromatic carbocycles. The highest BCUT2D eigenvalue weighted by molar-refractivity contribution is 5.41. The van der Waals surface area contributed by atoms with E-state index < -0.39 is 0 Å². The summed E-state index contributed by atoms with van der Waals surface area (Å²) in [6.07, 6.45) is 2.12. The Hall–Kier alpha value is -1.06. The zero-order chi connectivity index (χ0) is 13.0. The number of aryl methyl sites for hydroxylation is 1. The van der Waals surface area contributed by atoms with Crippen LogP contribution in [-0.2, 0) is 16.6 Å². The van der Waals surface area contributed by atoms with E-state index in [1.54, 1.807) is 7.11 Å². The highest BCUT2D eigenvalue weighted by Gasteiger charge is 2.39. The van der Waals surface area contributed by atoms with E-state index >= 15 is 0 Å². The number of hydrogen-bond donors (Lipinski definition) is 1. The monoisotopic (exact) mass is 249 g/mol. The first-order valence-electron chi connectivity index (χ1n) is 6.65. The van der Waals surface area contributed by atoms with Crippen LogP contribution in [0.25, 0.3) is 0 Å². The minimum absolute atomic E-state index is 0.208. The molecular formula is C15H23NO2. The van der Waals surface area contributed by atoms with Crippen LogP contribution in [0, 0.1) is 0 Å². The molecule has 0 radical (unpaired) electrons. The average Bonchev–Trinajstić information content (AvgIpc) is 2.37. The van der Waals surface area contributed by atoms with E-state index in [4.69, 9.17) is 9.47 Å². The van der Waals surface area contributed by atoms with Crippen LogP contribution in [-0.4, -0.2) is 33.9 Å². The van der Waals surface area contributed by atoms with Crippen LogP contribution in [0.5, 0.6) is 5.75 Å². The Balaban J connectivity index is 2.25. The van der Waals surface area contributed by atoms with Crippen molar-refractivity contribution in [2.24, 2.45) is 0 Å². The van der Waals surface area contributed by atoms with Crippen molar-refractivity contribution in [1.29, 1.82) is 0 Å². The molecule has 1 saturated heterocycles. The number of ether oxygens (including phenoxy) is 2. The average molecular weight is 249 g/mol. The molecule has 100 valence electrons. The lowest BCUT2D eigenvalue weighted by Crippen LogP contribution is -2.48. The molecule has 1 aliphatic heterocycles. The van der Waals surface area contributed by atoms with Gasteiger partial charge in [0.2, 0.25) is 0 Å². The summed E-state index contributed by atoms with van der Waals surface area (Å²) in [5.41, 5.74) is 2.88. The normalized spacial score (nSPS) is 17.3. The minimum Gasteiger partial charge on any atom is -0.496 e. The van der Waals surface area contributed by atoms with Gasteiger partial charge in [0, 0.05) is 5.41 Å². The maximum atomic E-state index is 5.46. The van der Waals surface area contributed by atoms with Crippen LogP contribution >= 0.6 is 0 Å². The molecule has 18 heavy (non-hydrogen) atoms. The third-order valence-corrected chi connectivity index (χ3v) is 3.88. The molecular weight excluding hydrogens is 226 g/mol. The van der Waals surface area contributed by atoms with E-state index in [0.29, 0.717) is 0 Å². The first-order chi connectivity index (χ1) is 8.75. The SMILES string of the molecule is CCc1cc(C2(CCNC)COC2)ccc1OC. The molecule has 3 heteroatoms. The van der Waals surface area contributed by atoms with Gasteiger partial charge < -0.3 is 14.8 Å². The van der Waals surface area contributed by atoms with Crippen molar-refractivity contribution >= 4 is 0 Å². The number of benzene rings is 1. The third-order valence-electron chi connectivity index (χ3n) is 3.88. The number of rotatable bonds is 6. The lowest BCUT2D eigenvalue weighted by molar-refractivity contribution is -0.0638. The molecule has 0 atom stereocenters. The van der Waals surface area contributed by atoms with E-state index in [1.165, 1.54) is 11.1 Å². The van der Waals surface area contributed by atoms with E-state index in [-0.39, 0.29) is 5.41 Å². The molecule has 0 aliphatic carbocycles. The Kier molecular flexibility index (Phi) is 4.25. The quantitative estimate of drug-likeness (QED) is 0.838. The fraction of sp³-hybridized carbons (Fsp3) is 0.600. The van der Waals surface area contributed by atoms with Gasteiger partial charge in [-0.15, -0.1) is 0 Å². The second-order valence-electron chi connectivity index (χ2n) is 5.01. The summed E-state index contributed by atoms with van der Waals surface area (Å²) in [5, 5.41) is 3.23. The van der Waals surface area contributed by atoms with Gasteiger partial charge in [-0.05, 0) is 43.6 Å². The number of hydrogen-bond acceptors (Lipinski definition) is 3. The molecule has 1 heterocycles. The summed E-state index contributed by atoms with van der Waals surface area (Å²) in [6.45, 7) is 4.87. The molecule has 3 nitrogen and oxygen atoms in total. The van der Waals surface area contributed by atoms with Crippen LogP contribution in [0.15, 0.2) is 18.2 Å². The van der Waals surface area contributed by atoms with Crippen LogP contribution in [0.3, 0.4) is 0 Å². The minimum atomic E-state index is 0.208. The van der Waals surface area contributed by atoms with Crippen LogP contribution < -0.4 is 10.1 Å². The van der Waals surface area contributed by atoms with Gasteiger partial charge >= 0.3 is 0 Å². The standard InChI is InChI=1S/C15H23NO2/c1-4-12-9-13(5-6-14(12)17-3)15(7-8-16-2)10-18-11-15/h5-6,9,16H,4,7-8,10-11H2,1-3H3. The van der Waals surface area contributed by atoms with E-state index in [2.05, 4.69) is 30.4 Å². The van der Waals surface area contributed by atoms with Crippen LogP contribution in [0.4, 0.5) is 0 Å². The Morgan fingerprint density at radius 1 is 1.39 bits per heavy atom. The van der Waals surface area contributed by atoms with E-state index in [9.17, 15) is 0 Å². The van der Waals surface area contributed by atoms with E-state index in [0.717, 1.165) is 38.3 Å². The predicted molar refractivity (Wildman–Crippen MR) is 73.4 cm³/mol. The molecule has 0 saturated carbocycles. The Labute approximate surface area is 109 Å². The van der Waals surface area contributed by atoms with Crippen LogP contribution in [0.2, 0.25) is 0 Å². The Morgan fingerprint density at radius 3 is 2.67 bits per heavy atom. The van der Waals surface area contributed by atoms with Crippen molar-refractivity contribution in [3.8, 4) is 5.75 Å². The highest BCUT2D eigenvalue weighted by Crippen LogP contribution is 2.37. The second-order valence-corrected chi connectivity index (χ2v) is 5.01. The second kappa shape index (κ2) is 5.72. The van der Waals surface area contributed by atoms with Crippen molar-refractivity contribution in [3.63, 3.8) is 0 Å².